The number of amides is 1. The summed E-state index contributed by atoms with van der Waals surface area (Å²) in [6.45, 7) is 6.34. The number of aryl methyl sites for hydroxylation is 1. The predicted octanol–water partition coefficient (Wildman–Crippen LogP) is 1.61. The first-order valence-electron chi connectivity index (χ1n) is 5.48. The molecule has 0 radical (unpaired) electrons. The van der Waals surface area contributed by atoms with Crippen LogP contribution in [0.15, 0.2) is 24.3 Å². The van der Waals surface area contributed by atoms with Crippen LogP contribution in [0.4, 0.5) is 0 Å². The highest BCUT2D eigenvalue weighted by Crippen LogP contribution is 2.05. The summed E-state index contributed by atoms with van der Waals surface area (Å²) >= 11 is 0. The van der Waals surface area contributed by atoms with Crippen molar-refractivity contribution in [2.45, 2.75) is 32.9 Å². The summed E-state index contributed by atoms with van der Waals surface area (Å²) in [5, 5.41) is 5.89. The Morgan fingerprint density at radius 2 is 2.06 bits per heavy atom. The Kier molecular flexibility index (Phi) is 4.07. The van der Waals surface area contributed by atoms with Gasteiger partial charge < -0.3 is 10.6 Å². The molecule has 0 aliphatic heterocycles. The second-order valence-corrected chi connectivity index (χ2v) is 4.55. The summed E-state index contributed by atoms with van der Waals surface area (Å²) in [6.07, 6.45) is 0. The highest BCUT2D eigenvalue weighted by atomic mass is 16.2. The zero-order chi connectivity index (χ0) is 12.2. The van der Waals surface area contributed by atoms with E-state index >= 15 is 0 Å². The van der Waals surface area contributed by atoms with Crippen molar-refractivity contribution in [2.75, 3.05) is 7.05 Å². The van der Waals surface area contributed by atoms with E-state index in [1.165, 1.54) is 5.56 Å². The topological polar surface area (TPSA) is 41.1 Å². The number of hydrogen-bond donors (Lipinski definition) is 2. The van der Waals surface area contributed by atoms with Crippen molar-refractivity contribution in [3.63, 3.8) is 0 Å². The van der Waals surface area contributed by atoms with Crippen LogP contribution in [-0.2, 0) is 11.3 Å². The Morgan fingerprint density at radius 3 is 2.62 bits per heavy atom. The van der Waals surface area contributed by atoms with Gasteiger partial charge in [-0.05, 0) is 33.4 Å². The van der Waals surface area contributed by atoms with Crippen molar-refractivity contribution >= 4 is 5.91 Å². The van der Waals surface area contributed by atoms with E-state index in [0.29, 0.717) is 6.54 Å². The summed E-state index contributed by atoms with van der Waals surface area (Å²) < 4.78 is 0. The fourth-order valence-electron chi connectivity index (χ4n) is 1.34. The van der Waals surface area contributed by atoms with Gasteiger partial charge in [-0.25, -0.2) is 0 Å². The number of carbonyl (C=O) groups is 1. The highest BCUT2D eigenvalue weighted by molar-refractivity contribution is 5.85. The van der Waals surface area contributed by atoms with Crippen LogP contribution in [0, 0.1) is 6.92 Å². The number of nitrogens with one attached hydrogen (secondary N) is 2. The standard InChI is InChI=1S/C13H20N2O/c1-10-6-5-7-11(8-10)9-15-12(16)13(2,3)14-4/h5-8,14H,9H2,1-4H3,(H,15,16). The van der Waals surface area contributed by atoms with Gasteiger partial charge in [0.2, 0.25) is 5.91 Å². The van der Waals surface area contributed by atoms with E-state index in [-0.39, 0.29) is 5.91 Å². The molecule has 0 aromatic heterocycles. The molecule has 1 amide bonds. The minimum Gasteiger partial charge on any atom is -0.350 e. The molecule has 3 nitrogen and oxygen atoms in total. The summed E-state index contributed by atoms with van der Waals surface area (Å²) in [5.41, 5.74) is 1.81. The molecule has 0 aliphatic carbocycles. The first-order chi connectivity index (χ1) is 7.45. The largest absolute Gasteiger partial charge is 0.350 e. The normalized spacial score (nSPS) is 11.2. The molecule has 0 spiro atoms. The van der Waals surface area contributed by atoms with Gasteiger partial charge >= 0.3 is 0 Å². The van der Waals surface area contributed by atoms with E-state index in [0.717, 1.165) is 5.56 Å². The number of benzene rings is 1. The smallest absolute Gasteiger partial charge is 0.239 e. The Balaban J connectivity index is 2.56. The highest BCUT2D eigenvalue weighted by Gasteiger charge is 2.24. The Morgan fingerprint density at radius 1 is 1.38 bits per heavy atom. The summed E-state index contributed by atoms with van der Waals surface area (Å²) in [6, 6.07) is 8.13. The lowest BCUT2D eigenvalue weighted by Gasteiger charge is -2.22. The Hall–Kier alpha value is -1.35. The lowest BCUT2D eigenvalue weighted by atomic mass is 10.0. The van der Waals surface area contributed by atoms with Crippen LogP contribution in [0.3, 0.4) is 0 Å². The first kappa shape index (κ1) is 12.7. The molecule has 0 aliphatic rings. The molecule has 0 heterocycles. The van der Waals surface area contributed by atoms with E-state index in [4.69, 9.17) is 0 Å². The van der Waals surface area contributed by atoms with Gasteiger partial charge in [-0.3, -0.25) is 4.79 Å². The van der Waals surface area contributed by atoms with Gasteiger partial charge in [0.15, 0.2) is 0 Å². The van der Waals surface area contributed by atoms with Crippen LogP contribution >= 0.6 is 0 Å². The third-order valence-electron chi connectivity index (χ3n) is 2.73. The second kappa shape index (κ2) is 5.12. The minimum atomic E-state index is -0.524. The summed E-state index contributed by atoms with van der Waals surface area (Å²) in [5.74, 6) is 0.0107. The average Bonchev–Trinajstić information content (AvgIpc) is 2.26. The van der Waals surface area contributed by atoms with Gasteiger partial charge in [-0.15, -0.1) is 0 Å². The molecule has 0 saturated heterocycles. The van der Waals surface area contributed by atoms with Gasteiger partial charge in [-0.1, -0.05) is 29.8 Å². The maximum Gasteiger partial charge on any atom is 0.239 e. The van der Waals surface area contributed by atoms with E-state index in [1.54, 1.807) is 7.05 Å². The van der Waals surface area contributed by atoms with Crippen LogP contribution in [0.1, 0.15) is 25.0 Å². The lowest BCUT2D eigenvalue weighted by Crippen LogP contribution is -2.50. The number of rotatable bonds is 4. The number of carbonyl (C=O) groups excluding carboxylic acids is 1. The van der Waals surface area contributed by atoms with Crippen molar-refractivity contribution in [1.82, 2.24) is 10.6 Å². The Labute approximate surface area is 97.2 Å². The molecule has 3 heteroatoms. The molecule has 1 rings (SSSR count). The molecule has 0 bridgehead atoms. The average molecular weight is 220 g/mol. The first-order valence-corrected chi connectivity index (χ1v) is 5.48. The van der Waals surface area contributed by atoms with Crippen LogP contribution in [-0.4, -0.2) is 18.5 Å². The third-order valence-corrected chi connectivity index (χ3v) is 2.73. The molecule has 0 atom stereocenters. The maximum absolute atomic E-state index is 11.8. The number of likely N-dealkylation sites (N-methyl/N-ethyl adjacent to an activating group) is 1. The lowest BCUT2D eigenvalue weighted by molar-refractivity contribution is -0.126. The second-order valence-electron chi connectivity index (χ2n) is 4.55. The molecular weight excluding hydrogens is 200 g/mol. The monoisotopic (exact) mass is 220 g/mol. The fourth-order valence-corrected chi connectivity index (χ4v) is 1.34. The third kappa shape index (κ3) is 3.35. The molecule has 2 N–H and O–H groups in total. The zero-order valence-electron chi connectivity index (χ0n) is 10.4. The molecule has 1 aromatic carbocycles. The molecule has 1 aromatic rings. The molecule has 16 heavy (non-hydrogen) atoms. The van der Waals surface area contributed by atoms with Gasteiger partial charge in [-0.2, -0.15) is 0 Å². The van der Waals surface area contributed by atoms with Gasteiger partial charge in [0.05, 0.1) is 5.54 Å². The van der Waals surface area contributed by atoms with E-state index < -0.39 is 5.54 Å². The minimum absolute atomic E-state index is 0.0107. The molecule has 88 valence electrons. The zero-order valence-corrected chi connectivity index (χ0v) is 10.4. The maximum atomic E-state index is 11.8. The quantitative estimate of drug-likeness (QED) is 0.809. The van der Waals surface area contributed by atoms with Crippen molar-refractivity contribution in [1.29, 1.82) is 0 Å². The number of hydrogen-bond acceptors (Lipinski definition) is 2. The van der Waals surface area contributed by atoms with Gasteiger partial charge in [0.1, 0.15) is 0 Å². The van der Waals surface area contributed by atoms with Crippen LogP contribution in [0.25, 0.3) is 0 Å². The SMILES string of the molecule is CNC(C)(C)C(=O)NCc1cccc(C)c1. The van der Waals surface area contributed by atoms with Crippen molar-refractivity contribution in [2.24, 2.45) is 0 Å². The van der Waals surface area contributed by atoms with Crippen molar-refractivity contribution in [3.8, 4) is 0 Å². The van der Waals surface area contributed by atoms with E-state index in [9.17, 15) is 4.79 Å². The van der Waals surface area contributed by atoms with Gasteiger partial charge in [0, 0.05) is 6.54 Å². The van der Waals surface area contributed by atoms with E-state index in [2.05, 4.69) is 16.7 Å². The molecular formula is C13H20N2O. The van der Waals surface area contributed by atoms with Crippen molar-refractivity contribution < 1.29 is 4.79 Å². The van der Waals surface area contributed by atoms with Crippen LogP contribution < -0.4 is 10.6 Å². The molecule has 0 saturated carbocycles. The van der Waals surface area contributed by atoms with Gasteiger partial charge in [0.25, 0.3) is 0 Å². The molecule has 0 fully saturated rings. The summed E-state index contributed by atoms with van der Waals surface area (Å²) in [4.78, 5) is 11.8. The molecule has 0 unspecified atom stereocenters. The Bertz CT molecular complexity index is 372. The summed E-state index contributed by atoms with van der Waals surface area (Å²) in [7, 11) is 1.78. The predicted molar refractivity (Wildman–Crippen MR) is 66.2 cm³/mol. The van der Waals surface area contributed by atoms with E-state index in [1.807, 2.05) is 39.0 Å². The van der Waals surface area contributed by atoms with Crippen LogP contribution in [0.2, 0.25) is 0 Å². The van der Waals surface area contributed by atoms with Crippen LogP contribution in [0.5, 0.6) is 0 Å². The fraction of sp³-hybridized carbons (Fsp3) is 0.462. The van der Waals surface area contributed by atoms with Crippen molar-refractivity contribution in [3.05, 3.63) is 35.4 Å².